The second-order valence-corrected chi connectivity index (χ2v) is 8.22. The van der Waals surface area contributed by atoms with Gasteiger partial charge in [0, 0.05) is 0 Å². The summed E-state index contributed by atoms with van der Waals surface area (Å²) in [4.78, 5) is 0. The molecule has 1 aromatic carbocycles. The summed E-state index contributed by atoms with van der Waals surface area (Å²) in [7, 11) is 0. The van der Waals surface area contributed by atoms with E-state index >= 15 is 0 Å². The molecule has 0 aliphatic heterocycles. The fourth-order valence-electron chi connectivity index (χ4n) is 4.06. The van der Waals surface area contributed by atoms with Gasteiger partial charge in [-0.3, -0.25) is 0 Å². The van der Waals surface area contributed by atoms with Gasteiger partial charge in [-0.05, 0) is 60.5 Å². The third-order valence-electron chi connectivity index (χ3n) is 6.71. The molecule has 2 nitrogen and oxygen atoms in total. The van der Waals surface area contributed by atoms with E-state index in [1.54, 1.807) is 0 Å². The molecule has 0 radical (unpaired) electrons. The van der Waals surface area contributed by atoms with Crippen LogP contribution in [0.2, 0.25) is 0 Å². The van der Waals surface area contributed by atoms with E-state index in [-0.39, 0.29) is 0 Å². The van der Waals surface area contributed by atoms with Crippen LogP contribution in [0.5, 0.6) is 0 Å². The Hall–Kier alpha value is -0.860. The zero-order valence-electron chi connectivity index (χ0n) is 15.6. The average molecular weight is 331 g/mol. The second-order valence-electron chi connectivity index (χ2n) is 8.22. The van der Waals surface area contributed by atoms with Crippen LogP contribution < -0.4 is 0 Å². The van der Waals surface area contributed by atoms with Crippen molar-refractivity contribution in [3.63, 3.8) is 0 Å². The van der Waals surface area contributed by atoms with Crippen LogP contribution >= 0.6 is 0 Å². The molecule has 1 aromatic rings. The van der Waals surface area contributed by atoms with Crippen LogP contribution in [-0.2, 0) is 22.7 Å². The van der Waals surface area contributed by atoms with E-state index < -0.39 is 0 Å². The summed E-state index contributed by atoms with van der Waals surface area (Å²) in [5, 5.41) is 0. The lowest BCUT2D eigenvalue weighted by atomic mass is 9.68. The van der Waals surface area contributed by atoms with Gasteiger partial charge < -0.3 is 9.47 Å². The Kier molecular flexibility index (Phi) is 5.99. The second kappa shape index (κ2) is 8.01. The third kappa shape index (κ3) is 4.21. The molecule has 134 valence electrons. The summed E-state index contributed by atoms with van der Waals surface area (Å²) in [5.74, 6) is 0. The average Bonchev–Trinajstić information content (AvgIpc) is 2.54. The molecule has 0 bridgehead atoms. The van der Waals surface area contributed by atoms with Crippen molar-refractivity contribution >= 4 is 0 Å². The summed E-state index contributed by atoms with van der Waals surface area (Å²) in [5.41, 5.74) is 3.52. The summed E-state index contributed by atoms with van der Waals surface area (Å²) >= 11 is 0. The SMILES string of the molecule is CCC1(COCc2ccc(COCC3(CC)CCC3)cc2)CCC1. The molecule has 0 atom stereocenters. The van der Waals surface area contributed by atoms with E-state index in [9.17, 15) is 0 Å². The van der Waals surface area contributed by atoms with Crippen molar-refractivity contribution in [2.24, 2.45) is 10.8 Å². The predicted molar refractivity (Wildman–Crippen MR) is 98.9 cm³/mol. The zero-order chi connectivity index (χ0) is 16.9. The Balaban J connectivity index is 1.37. The molecule has 2 saturated carbocycles. The standard InChI is InChI=1S/C22H34O2/c1-3-21(11-5-12-21)17-23-15-19-7-9-20(10-8-19)16-24-18-22(4-2)13-6-14-22/h7-10H,3-6,11-18H2,1-2H3. The molecule has 0 N–H and O–H groups in total. The quantitative estimate of drug-likeness (QED) is 0.533. The zero-order valence-corrected chi connectivity index (χ0v) is 15.6. The van der Waals surface area contributed by atoms with Gasteiger partial charge in [0.2, 0.25) is 0 Å². The van der Waals surface area contributed by atoms with E-state index in [4.69, 9.17) is 9.47 Å². The van der Waals surface area contributed by atoms with Crippen molar-refractivity contribution in [2.75, 3.05) is 13.2 Å². The molecule has 0 amide bonds. The molecule has 2 fully saturated rings. The lowest BCUT2D eigenvalue weighted by Crippen LogP contribution is -2.33. The first kappa shape index (κ1) is 17.9. The van der Waals surface area contributed by atoms with Gasteiger partial charge in [0.1, 0.15) is 0 Å². The topological polar surface area (TPSA) is 18.5 Å². The lowest BCUT2D eigenvalue weighted by Gasteiger charge is -2.41. The Morgan fingerprint density at radius 3 is 1.33 bits per heavy atom. The largest absolute Gasteiger partial charge is 0.376 e. The van der Waals surface area contributed by atoms with Crippen molar-refractivity contribution in [3.8, 4) is 0 Å². The summed E-state index contributed by atoms with van der Waals surface area (Å²) in [6.07, 6.45) is 10.7. The maximum Gasteiger partial charge on any atom is 0.0717 e. The van der Waals surface area contributed by atoms with E-state index in [0.717, 1.165) is 26.4 Å². The van der Waals surface area contributed by atoms with E-state index in [0.29, 0.717) is 10.8 Å². The van der Waals surface area contributed by atoms with Crippen molar-refractivity contribution < 1.29 is 9.47 Å². The van der Waals surface area contributed by atoms with Crippen LogP contribution in [0.4, 0.5) is 0 Å². The fraction of sp³-hybridized carbons (Fsp3) is 0.727. The number of ether oxygens (including phenoxy) is 2. The maximum absolute atomic E-state index is 5.99. The van der Waals surface area contributed by atoms with E-state index in [2.05, 4.69) is 38.1 Å². The molecule has 24 heavy (non-hydrogen) atoms. The van der Waals surface area contributed by atoms with Crippen molar-refractivity contribution in [1.82, 2.24) is 0 Å². The van der Waals surface area contributed by atoms with Gasteiger partial charge in [0.25, 0.3) is 0 Å². The van der Waals surface area contributed by atoms with Crippen molar-refractivity contribution in [3.05, 3.63) is 35.4 Å². The highest BCUT2D eigenvalue weighted by Gasteiger charge is 2.35. The first-order chi connectivity index (χ1) is 11.7. The molecule has 2 aliphatic carbocycles. The Morgan fingerprint density at radius 2 is 1.08 bits per heavy atom. The van der Waals surface area contributed by atoms with Gasteiger partial charge in [-0.2, -0.15) is 0 Å². The van der Waals surface area contributed by atoms with Gasteiger partial charge in [-0.1, -0.05) is 51.0 Å². The van der Waals surface area contributed by atoms with E-state index in [1.807, 2.05) is 0 Å². The molecule has 2 heteroatoms. The molecule has 0 unspecified atom stereocenters. The number of hydrogen-bond donors (Lipinski definition) is 0. The minimum Gasteiger partial charge on any atom is -0.376 e. The molecule has 0 heterocycles. The molecule has 2 aliphatic rings. The van der Waals surface area contributed by atoms with Crippen LogP contribution in [0.3, 0.4) is 0 Å². The highest BCUT2D eigenvalue weighted by Crippen LogP contribution is 2.44. The molecule has 0 saturated heterocycles. The van der Waals surface area contributed by atoms with E-state index in [1.165, 1.54) is 62.5 Å². The number of hydrogen-bond acceptors (Lipinski definition) is 2. The molecule has 0 spiro atoms. The molecular weight excluding hydrogens is 296 g/mol. The van der Waals surface area contributed by atoms with Gasteiger partial charge in [0.15, 0.2) is 0 Å². The Bertz CT molecular complexity index is 439. The first-order valence-electron chi connectivity index (χ1n) is 9.93. The first-order valence-corrected chi connectivity index (χ1v) is 9.93. The number of benzene rings is 1. The fourth-order valence-corrected chi connectivity index (χ4v) is 4.06. The maximum atomic E-state index is 5.99. The van der Waals surface area contributed by atoms with Crippen LogP contribution in [-0.4, -0.2) is 13.2 Å². The van der Waals surface area contributed by atoms with Gasteiger partial charge in [-0.15, -0.1) is 0 Å². The Labute approximate surface area is 147 Å². The van der Waals surface area contributed by atoms with Gasteiger partial charge >= 0.3 is 0 Å². The van der Waals surface area contributed by atoms with Crippen LogP contribution in [0.15, 0.2) is 24.3 Å². The smallest absolute Gasteiger partial charge is 0.0717 e. The van der Waals surface area contributed by atoms with Gasteiger partial charge in [-0.25, -0.2) is 0 Å². The molecule has 3 rings (SSSR count). The number of rotatable bonds is 10. The highest BCUT2D eigenvalue weighted by atomic mass is 16.5. The minimum atomic E-state index is 0.491. The van der Waals surface area contributed by atoms with Crippen LogP contribution in [0.25, 0.3) is 0 Å². The Morgan fingerprint density at radius 1 is 0.708 bits per heavy atom. The molecule has 0 aromatic heterocycles. The van der Waals surface area contributed by atoms with Crippen molar-refractivity contribution in [2.45, 2.75) is 78.4 Å². The normalized spacial score (nSPS) is 21.1. The summed E-state index contributed by atoms with van der Waals surface area (Å²) in [6.45, 7) is 7.91. The minimum absolute atomic E-state index is 0.491. The summed E-state index contributed by atoms with van der Waals surface area (Å²) in [6, 6.07) is 8.77. The lowest BCUT2D eigenvalue weighted by molar-refractivity contribution is -0.0170. The van der Waals surface area contributed by atoms with Crippen molar-refractivity contribution in [1.29, 1.82) is 0 Å². The third-order valence-corrected chi connectivity index (χ3v) is 6.71. The summed E-state index contributed by atoms with van der Waals surface area (Å²) < 4.78 is 12.0. The molecular formula is C22H34O2. The highest BCUT2D eigenvalue weighted by molar-refractivity contribution is 5.21. The monoisotopic (exact) mass is 330 g/mol. The predicted octanol–water partition coefficient (Wildman–Crippen LogP) is 5.88. The van der Waals surface area contributed by atoms with Crippen LogP contribution in [0.1, 0.15) is 76.3 Å². The van der Waals surface area contributed by atoms with Crippen LogP contribution in [0, 0.1) is 10.8 Å². The van der Waals surface area contributed by atoms with Gasteiger partial charge in [0.05, 0.1) is 26.4 Å².